The van der Waals surface area contributed by atoms with Gasteiger partial charge in [0.05, 0.1) is 12.6 Å². The SMILES string of the molecule is CCOc1ccc(C(=O)N(C)C(C)c2ccccc2)cc1C. The van der Waals surface area contributed by atoms with Gasteiger partial charge in [-0.15, -0.1) is 0 Å². The molecule has 3 heteroatoms. The average Bonchev–Trinajstić information content (AvgIpc) is 2.55. The van der Waals surface area contributed by atoms with Gasteiger partial charge in [0.15, 0.2) is 0 Å². The maximum absolute atomic E-state index is 12.7. The number of amides is 1. The minimum atomic E-state index is 0.0162. The van der Waals surface area contributed by atoms with Gasteiger partial charge >= 0.3 is 0 Å². The molecule has 0 aliphatic heterocycles. The first-order valence-electron chi connectivity index (χ1n) is 7.60. The van der Waals surface area contributed by atoms with Crippen molar-refractivity contribution in [3.8, 4) is 5.75 Å². The van der Waals surface area contributed by atoms with Gasteiger partial charge in [-0.25, -0.2) is 0 Å². The van der Waals surface area contributed by atoms with Crippen LogP contribution in [0.25, 0.3) is 0 Å². The molecule has 2 rings (SSSR count). The van der Waals surface area contributed by atoms with Crippen LogP contribution >= 0.6 is 0 Å². The molecule has 22 heavy (non-hydrogen) atoms. The van der Waals surface area contributed by atoms with Crippen LogP contribution in [0.1, 0.15) is 41.4 Å². The third-order valence-corrected chi connectivity index (χ3v) is 3.90. The van der Waals surface area contributed by atoms with Crippen LogP contribution in [0.5, 0.6) is 5.75 Å². The van der Waals surface area contributed by atoms with E-state index >= 15 is 0 Å². The van der Waals surface area contributed by atoms with Gasteiger partial charge in [0.1, 0.15) is 5.75 Å². The second-order valence-corrected chi connectivity index (χ2v) is 5.42. The molecule has 0 fully saturated rings. The van der Waals surface area contributed by atoms with E-state index in [1.165, 1.54) is 0 Å². The zero-order chi connectivity index (χ0) is 16.1. The van der Waals surface area contributed by atoms with Crippen LogP contribution in [0.4, 0.5) is 0 Å². The lowest BCUT2D eigenvalue weighted by Gasteiger charge is -2.25. The van der Waals surface area contributed by atoms with Gasteiger partial charge in [0.25, 0.3) is 5.91 Å². The van der Waals surface area contributed by atoms with Crippen molar-refractivity contribution in [3.05, 3.63) is 65.2 Å². The van der Waals surface area contributed by atoms with Crippen molar-refractivity contribution in [2.75, 3.05) is 13.7 Å². The summed E-state index contributed by atoms with van der Waals surface area (Å²) in [7, 11) is 1.84. The van der Waals surface area contributed by atoms with Gasteiger partial charge in [-0.1, -0.05) is 30.3 Å². The molecule has 1 amide bonds. The summed E-state index contributed by atoms with van der Waals surface area (Å²) in [6.45, 7) is 6.57. The molecule has 0 heterocycles. The molecule has 1 atom stereocenters. The molecule has 116 valence electrons. The van der Waals surface area contributed by atoms with Crippen molar-refractivity contribution in [3.63, 3.8) is 0 Å². The van der Waals surface area contributed by atoms with Crippen molar-refractivity contribution in [2.24, 2.45) is 0 Å². The molecule has 0 spiro atoms. The summed E-state index contributed by atoms with van der Waals surface area (Å²) < 4.78 is 5.52. The van der Waals surface area contributed by atoms with E-state index in [4.69, 9.17) is 4.74 Å². The van der Waals surface area contributed by atoms with Gasteiger partial charge < -0.3 is 9.64 Å². The first-order valence-corrected chi connectivity index (χ1v) is 7.60. The summed E-state index contributed by atoms with van der Waals surface area (Å²) in [5.74, 6) is 0.848. The molecular formula is C19H23NO2. The molecule has 0 radical (unpaired) electrons. The highest BCUT2D eigenvalue weighted by molar-refractivity contribution is 5.94. The predicted molar refractivity (Wildman–Crippen MR) is 89.3 cm³/mol. The van der Waals surface area contributed by atoms with Crippen LogP contribution in [0.3, 0.4) is 0 Å². The molecule has 0 N–H and O–H groups in total. The minimum Gasteiger partial charge on any atom is -0.494 e. The number of carbonyl (C=O) groups excluding carboxylic acids is 1. The fourth-order valence-corrected chi connectivity index (χ4v) is 2.43. The number of hydrogen-bond donors (Lipinski definition) is 0. The maximum atomic E-state index is 12.7. The zero-order valence-electron chi connectivity index (χ0n) is 13.7. The fourth-order valence-electron chi connectivity index (χ4n) is 2.43. The Morgan fingerprint density at radius 2 is 1.86 bits per heavy atom. The third-order valence-electron chi connectivity index (χ3n) is 3.90. The summed E-state index contributed by atoms with van der Waals surface area (Å²) in [5.41, 5.74) is 2.79. The second-order valence-electron chi connectivity index (χ2n) is 5.42. The first-order chi connectivity index (χ1) is 10.5. The van der Waals surface area contributed by atoms with Crippen molar-refractivity contribution in [2.45, 2.75) is 26.8 Å². The lowest BCUT2D eigenvalue weighted by Crippen LogP contribution is -2.29. The normalized spacial score (nSPS) is 11.8. The summed E-state index contributed by atoms with van der Waals surface area (Å²) >= 11 is 0. The Hall–Kier alpha value is -2.29. The minimum absolute atomic E-state index is 0.0162. The van der Waals surface area contributed by atoms with Crippen LogP contribution in [0.2, 0.25) is 0 Å². The Bertz CT molecular complexity index is 637. The largest absolute Gasteiger partial charge is 0.494 e. The van der Waals surface area contributed by atoms with E-state index in [1.807, 2.05) is 76.3 Å². The van der Waals surface area contributed by atoms with Crippen molar-refractivity contribution >= 4 is 5.91 Å². The maximum Gasteiger partial charge on any atom is 0.254 e. The summed E-state index contributed by atoms with van der Waals surface area (Å²) in [5, 5.41) is 0. The zero-order valence-corrected chi connectivity index (χ0v) is 13.7. The number of hydrogen-bond acceptors (Lipinski definition) is 2. The monoisotopic (exact) mass is 297 g/mol. The summed E-state index contributed by atoms with van der Waals surface area (Å²) in [4.78, 5) is 14.4. The third kappa shape index (κ3) is 3.48. The Kier molecular flexibility index (Phi) is 5.21. The molecule has 2 aromatic carbocycles. The van der Waals surface area contributed by atoms with E-state index in [0.717, 1.165) is 16.9 Å². The van der Waals surface area contributed by atoms with E-state index < -0.39 is 0 Å². The summed E-state index contributed by atoms with van der Waals surface area (Å²) in [6, 6.07) is 15.7. The Balaban J connectivity index is 2.18. The van der Waals surface area contributed by atoms with Crippen molar-refractivity contribution < 1.29 is 9.53 Å². The Morgan fingerprint density at radius 1 is 1.18 bits per heavy atom. The number of aryl methyl sites for hydroxylation is 1. The number of benzene rings is 2. The molecule has 0 saturated carbocycles. The van der Waals surface area contributed by atoms with Crippen molar-refractivity contribution in [1.82, 2.24) is 4.90 Å². The van der Waals surface area contributed by atoms with Crippen LogP contribution in [0, 0.1) is 6.92 Å². The lowest BCUT2D eigenvalue weighted by molar-refractivity contribution is 0.0742. The van der Waals surface area contributed by atoms with E-state index in [-0.39, 0.29) is 11.9 Å². The topological polar surface area (TPSA) is 29.5 Å². The first kappa shape index (κ1) is 16.1. The Morgan fingerprint density at radius 3 is 2.45 bits per heavy atom. The van der Waals surface area contributed by atoms with Crippen LogP contribution in [-0.2, 0) is 0 Å². The standard InChI is InChI=1S/C19H23NO2/c1-5-22-18-12-11-17(13-14(18)2)19(21)20(4)15(3)16-9-7-6-8-10-16/h6-13,15H,5H2,1-4H3. The molecule has 2 aromatic rings. The van der Waals surface area contributed by atoms with Crippen LogP contribution < -0.4 is 4.74 Å². The molecule has 0 saturated heterocycles. The number of carbonyl (C=O) groups is 1. The summed E-state index contributed by atoms with van der Waals surface area (Å²) in [6.07, 6.45) is 0. The highest BCUT2D eigenvalue weighted by atomic mass is 16.5. The molecular weight excluding hydrogens is 274 g/mol. The second kappa shape index (κ2) is 7.12. The van der Waals surface area contributed by atoms with E-state index in [9.17, 15) is 4.79 Å². The quantitative estimate of drug-likeness (QED) is 0.826. The molecule has 0 bridgehead atoms. The van der Waals surface area contributed by atoms with E-state index in [0.29, 0.717) is 12.2 Å². The molecule has 3 nitrogen and oxygen atoms in total. The Labute approximate surface area is 132 Å². The molecule has 0 aliphatic rings. The number of ether oxygens (including phenoxy) is 1. The molecule has 0 aliphatic carbocycles. The van der Waals surface area contributed by atoms with Gasteiger partial charge in [0, 0.05) is 12.6 Å². The average molecular weight is 297 g/mol. The highest BCUT2D eigenvalue weighted by Crippen LogP contribution is 2.23. The van der Waals surface area contributed by atoms with Gasteiger partial charge in [-0.3, -0.25) is 4.79 Å². The predicted octanol–water partition coefficient (Wildman–Crippen LogP) is 4.23. The smallest absolute Gasteiger partial charge is 0.254 e. The highest BCUT2D eigenvalue weighted by Gasteiger charge is 2.19. The fraction of sp³-hybridized carbons (Fsp3) is 0.316. The lowest BCUT2D eigenvalue weighted by atomic mass is 10.1. The number of nitrogens with zero attached hydrogens (tertiary/aromatic N) is 1. The number of rotatable bonds is 5. The van der Waals surface area contributed by atoms with Crippen LogP contribution in [-0.4, -0.2) is 24.5 Å². The molecule has 0 aromatic heterocycles. The molecule has 1 unspecified atom stereocenters. The van der Waals surface area contributed by atoms with Crippen molar-refractivity contribution in [1.29, 1.82) is 0 Å². The van der Waals surface area contributed by atoms with Crippen LogP contribution in [0.15, 0.2) is 48.5 Å². The van der Waals surface area contributed by atoms with E-state index in [1.54, 1.807) is 4.90 Å². The van der Waals surface area contributed by atoms with Gasteiger partial charge in [-0.05, 0) is 50.1 Å². The van der Waals surface area contributed by atoms with Gasteiger partial charge in [-0.2, -0.15) is 0 Å². The van der Waals surface area contributed by atoms with E-state index in [2.05, 4.69) is 0 Å². The van der Waals surface area contributed by atoms with Gasteiger partial charge in [0.2, 0.25) is 0 Å².